The van der Waals surface area contributed by atoms with Crippen LogP contribution in [0.2, 0.25) is 0 Å². The molecule has 2 unspecified atom stereocenters. The molecule has 482 valence electrons. The summed E-state index contributed by atoms with van der Waals surface area (Å²) in [4.78, 5) is 12.6. The van der Waals surface area contributed by atoms with Gasteiger partial charge in [0.1, 0.15) is 0 Å². The Morgan fingerprint density at radius 1 is 0.296 bits per heavy atom. The maximum absolute atomic E-state index is 12.6. The van der Waals surface area contributed by atoms with Crippen molar-refractivity contribution in [3.8, 4) is 0 Å². The number of nitrogens with one attached hydrogen (secondary N) is 1. The first-order valence-corrected chi connectivity index (χ1v) is 38.0. The summed E-state index contributed by atoms with van der Waals surface area (Å²) >= 11 is 0. The maximum atomic E-state index is 12.6. The van der Waals surface area contributed by atoms with Crippen LogP contribution in [0.1, 0.15) is 444 Å². The zero-order valence-corrected chi connectivity index (χ0v) is 55.9. The van der Waals surface area contributed by atoms with Crippen LogP contribution < -0.4 is 5.32 Å². The lowest BCUT2D eigenvalue weighted by Crippen LogP contribution is -2.45. The molecule has 0 radical (unpaired) electrons. The van der Waals surface area contributed by atoms with Crippen molar-refractivity contribution in [2.45, 2.75) is 456 Å². The summed E-state index contributed by atoms with van der Waals surface area (Å²) in [6, 6.07) is -0.535. The van der Waals surface area contributed by atoms with Crippen molar-refractivity contribution in [1.29, 1.82) is 0 Å². The first kappa shape index (κ1) is 79.9. The number of allylic oxidation sites excluding steroid dienone is 4. The first-order chi connectivity index (χ1) is 40.2. The van der Waals surface area contributed by atoms with Crippen LogP contribution in [0.15, 0.2) is 24.3 Å². The van der Waals surface area contributed by atoms with E-state index in [2.05, 4.69) is 43.5 Å². The predicted molar refractivity (Wildman–Crippen MR) is 364 cm³/mol. The van der Waals surface area contributed by atoms with Crippen molar-refractivity contribution in [2.24, 2.45) is 0 Å². The largest absolute Gasteiger partial charge is 0.394 e. The fraction of sp³-hybridized carbons (Fsp3) is 0.935. The molecule has 0 aliphatic heterocycles. The summed E-state index contributed by atoms with van der Waals surface area (Å²) in [5, 5.41) is 23.5. The minimum atomic E-state index is -0.659. The van der Waals surface area contributed by atoms with Crippen LogP contribution >= 0.6 is 0 Å². The summed E-state index contributed by atoms with van der Waals surface area (Å²) in [6.07, 6.45) is 99.9. The topological polar surface area (TPSA) is 69.6 Å². The molecule has 0 aromatic rings. The van der Waals surface area contributed by atoms with Crippen molar-refractivity contribution in [3.63, 3.8) is 0 Å². The number of aliphatic hydroxyl groups excluding tert-OH is 2. The summed E-state index contributed by atoms with van der Waals surface area (Å²) in [6.45, 7) is 4.40. The molecule has 0 aromatic heterocycles. The van der Waals surface area contributed by atoms with E-state index in [1.54, 1.807) is 0 Å². The molecular weight excluding hydrogens is 987 g/mol. The van der Waals surface area contributed by atoms with Crippen LogP contribution in [-0.4, -0.2) is 34.9 Å². The van der Waals surface area contributed by atoms with Crippen molar-refractivity contribution in [3.05, 3.63) is 24.3 Å². The number of carbonyl (C=O) groups is 1. The van der Waals surface area contributed by atoms with Crippen LogP contribution in [0.25, 0.3) is 0 Å². The normalized spacial score (nSPS) is 12.7. The molecule has 4 heteroatoms. The molecule has 0 saturated carbocycles. The summed E-state index contributed by atoms with van der Waals surface area (Å²) in [5.74, 6) is -0.0200. The number of hydrogen-bond donors (Lipinski definition) is 3. The quantitative estimate of drug-likeness (QED) is 0.0420. The van der Waals surface area contributed by atoms with Crippen molar-refractivity contribution < 1.29 is 15.0 Å². The van der Waals surface area contributed by atoms with E-state index in [1.165, 1.54) is 385 Å². The number of unbranched alkanes of at least 4 members (excludes halogenated alkanes) is 61. The number of hydrogen-bond acceptors (Lipinski definition) is 3. The summed E-state index contributed by atoms with van der Waals surface area (Å²) in [7, 11) is 0. The zero-order valence-electron chi connectivity index (χ0n) is 55.9. The van der Waals surface area contributed by atoms with Gasteiger partial charge in [0.2, 0.25) is 5.91 Å². The third-order valence-corrected chi connectivity index (χ3v) is 18.2. The second kappa shape index (κ2) is 73.1. The smallest absolute Gasteiger partial charge is 0.220 e. The van der Waals surface area contributed by atoms with Gasteiger partial charge in [0.25, 0.3) is 0 Å². The SMILES string of the molecule is CCCCCCC/C=C\C/C=C\CCCCCCCCCCCCCCCCCCCCCCCCCCCCCC(=O)NC(CO)C(O)CCCCCCCCCCCCCCCCCCCCCCCCCCCCCCCC. The molecule has 1 amide bonds. The number of aliphatic hydroxyl groups is 2. The lowest BCUT2D eigenvalue weighted by molar-refractivity contribution is -0.123. The van der Waals surface area contributed by atoms with Gasteiger partial charge in [0.15, 0.2) is 0 Å². The van der Waals surface area contributed by atoms with E-state index in [0.29, 0.717) is 12.8 Å². The van der Waals surface area contributed by atoms with E-state index in [9.17, 15) is 15.0 Å². The Bertz CT molecular complexity index is 1200. The van der Waals surface area contributed by atoms with Gasteiger partial charge < -0.3 is 15.5 Å². The average Bonchev–Trinajstić information content (AvgIpc) is 3.47. The Kier molecular flexibility index (Phi) is 72.1. The Hall–Kier alpha value is -1.13. The van der Waals surface area contributed by atoms with Crippen LogP contribution in [-0.2, 0) is 4.79 Å². The number of carbonyl (C=O) groups excluding carboxylic acids is 1. The van der Waals surface area contributed by atoms with E-state index in [-0.39, 0.29) is 12.5 Å². The van der Waals surface area contributed by atoms with E-state index in [0.717, 1.165) is 32.1 Å². The van der Waals surface area contributed by atoms with E-state index < -0.39 is 12.1 Å². The van der Waals surface area contributed by atoms with Gasteiger partial charge in [-0.3, -0.25) is 4.79 Å². The van der Waals surface area contributed by atoms with E-state index >= 15 is 0 Å². The molecular formula is C77H151NO3. The van der Waals surface area contributed by atoms with E-state index in [1.807, 2.05) is 0 Å². The Morgan fingerprint density at radius 3 is 0.741 bits per heavy atom. The second-order valence-corrected chi connectivity index (χ2v) is 26.4. The molecule has 3 N–H and O–H groups in total. The molecule has 4 nitrogen and oxygen atoms in total. The molecule has 0 rings (SSSR count). The maximum Gasteiger partial charge on any atom is 0.220 e. The zero-order chi connectivity index (χ0) is 58.4. The molecule has 0 aliphatic carbocycles. The molecule has 0 spiro atoms. The highest BCUT2D eigenvalue weighted by Gasteiger charge is 2.20. The second-order valence-electron chi connectivity index (χ2n) is 26.4. The van der Waals surface area contributed by atoms with Crippen LogP contribution in [0.5, 0.6) is 0 Å². The Balaban J connectivity index is 3.35. The molecule has 2 atom stereocenters. The van der Waals surface area contributed by atoms with Crippen molar-refractivity contribution in [2.75, 3.05) is 6.61 Å². The monoisotopic (exact) mass is 1140 g/mol. The fourth-order valence-electron chi connectivity index (χ4n) is 12.5. The lowest BCUT2D eigenvalue weighted by Gasteiger charge is -2.22. The fourth-order valence-corrected chi connectivity index (χ4v) is 12.5. The third-order valence-electron chi connectivity index (χ3n) is 18.2. The summed E-state index contributed by atoms with van der Waals surface area (Å²) in [5.41, 5.74) is 0. The molecule has 81 heavy (non-hydrogen) atoms. The van der Waals surface area contributed by atoms with Gasteiger partial charge in [-0.15, -0.1) is 0 Å². The standard InChI is InChI=1S/C77H151NO3/c1-3-5-7-9-11-13-15-17-19-21-23-25-27-29-31-33-35-36-37-38-39-40-41-42-43-45-47-49-51-53-55-57-59-61-63-65-67-69-71-73-77(81)78-75(74-79)76(80)72-70-68-66-64-62-60-58-56-54-52-50-48-46-44-34-32-30-28-26-24-22-20-18-16-14-12-10-8-6-4-2/h15,17,21,23,75-76,79-80H,3-14,16,18-20,22,24-74H2,1-2H3,(H,78,81)/b17-15-,23-21-. The third kappa shape index (κ3) is 69.5. The van der Waals surface area contributed by atoms with Crippen molar-refractivity contribution in [1.82, 2.24) is 5.32 Å². The number of rotatable bonds is 72. The van der Waals surface area contributed by atoms with Gasteiger partial charge in [-0.25, -0.2) is 0 Å². The van der Waals surface area contributed by atoms with Gasteiger partial charge in [0, 0.05) is 6.42 Å². The van der Waals surface area contributed by atoms with Crippen LogP contribution in [0.4, 0.5) is 0 Å². The van der Waals surface area contributed by atoms with E-state index in [4.69, 9.17) is 0 Å². The highest BCUT2D eigenvalue weighted by Crippen LogP contribution is 2.20. The minimum Gasteiger partial charge on any atom is -0.394 e. The molecule has 0 bridgehead atoms. The number of amides is 1. The van der Waals surface area contributed by atoms with Gasteiger partial charge in [0.05, 0.1) is 18.8 Å². The average molecular weight is 1140 g/mol. The highest BCUT2D eigenvalue weighted by atomic mass is 16.3. The lowest BCUT2D eigenvalue weighted by atomic mass is 10.0. The molecule has 0 saturated heterocycles. The van der Waals surface area contributed by atoms with Gasteiger partial charge >= 0.3 is 0 Å². The molecule has 0 heterocycles. The van der Waals surface area contributed by atoms with Gasteiger partial charge in [-0.2, -0.15) is 0 Å². The van der Waals surface area contributed by atoms with Gasteiger partial charge in [-0.1, -0.05) is 417 Å². The van der Waals surface area contributed by atoms with Crippen LogP contribution in [0, 0.1) is 0 Å². The molecule has 0 aliphatic rings. The Labute approximate surface area is 510 Å². The minimum absolute atomic E-state index is 0.0200. The van der Waals surface area contributed by atoms with Crippen molar-refractivity contribution >= 4 is 5.91 Å². The highest BCUT2D eigenvalue weighted by molar-refractivity contribution is 5.76. The predicted octanol–water partition coefficient (Wildman–Crippen LogP) is 26.1. The summed E-state index contributed by atoms with van der Waals surface area (Å²) < 4.78 is 0. The first-order valence-electron chi connectivity index (χ1n) is 38.0. The van der Waals surface area contributed by atoms with Gasteiger partial charge in [-0.05, 0) is 44.9 Å². The molecule has 0 aromatic carbocycles. The molecule has 0 fully saturated rings. The van der Waals surface area contributed by atoms with Crippen LogP contribution in [0.3, 0.4) is 0 Å². The Morgan fingerprint density at radius 2 is 0.506 bits per heavy atom.